The van der Waals surface area contributed by atoms with Crippen molar-refractivity contribution in [1.29, 1.82) is 0 Å². The largest absolute Gasteiger partial charge is 0.372 e. The van der Waals surface area contributed by atoms with E-state index in [1.807, 2.05) is 18.2 Å². The minimum absolute atomic E-state index is 0.0107. The van der Waals surface area contributed by atoms with Gasteiger partial charge in [0.1, 0.15) is 0 Å². The molecule has 1 unspecified atom stereocenters. The van der Waals surface area contributed by atoms with Crippen molar-refractivity contribution in [2.24, 2.45) is 5.92 Å². The molecule has 1 aromatic rings. The minimum Gasteiger partial charge on any atom is -0.372 e. The molecule has 0 saturated carbocycles. The molecule has 0 aliphatic heterocycles. The van der Waals surface area contributed by atoms with Gasteiger partial charge in [-0.3, -0.25) is 4.79 Å². The van der Waals surface area contributed by atoms with Crippen LogP contribution in [-0.2, 0) is 0 Å². The Hall–Kier alpha value is -1.02. The summed E-state index contributed by atoms with van der Waals surface area (Å²) in [6.45, 7) is 10.1. The second kappa shape index (κ2) is 6.79. The molecule has 1 rings (SSSR count). The molecular formula is C15H22ClNO. The molecule has 0 aliphatic rings. The molecule has 0 amide bonds. The lowest BCUT2D eigenvalue weighted by Crippen LogP contribution is -2.28. The highest BCUT2D eigenvalue weighted by molar-refractivity contribution is 6.34. The number of nitrogens with zero attached hydrogens (tertiary/aromatic N) is 1. The highest BCUT2D eigenvalue weighted by Gasteiger charge is 2.11. The fourth-order valence-electron chi connectivity index (χ4n) is 1.91. The molecule has 2 nitrogen and oxygen atoms in total. The van der Waals surface area contributed by atoms with Gasteiger partial charge < -0.3 is 4.90 Å². The number of anilines is 1. The first-order valence-corrected chi connectivity index (χ1v) is 6.92. The normalized spacial score (nSPS) is 12.3. The molecular weight excluding hydrogens is 246 g/mol. The van der Waals surface area contributed by atoms with Gasteiger partial charge in [-0.25, -0.2) is 0 Å². The van der Waals surface area contributed by atoms with Crippen molar-refractivity contribution in [3.8, 4) is 0 Å². The lowest BCUT2D eigenvalue weighted by molar-refractivity contribution is 0.101. The molecule has 0 N–H and O–H groups in total. The van der Waals surface area contributed by atoms with Crippen LogP contribution in [0.25, 0.3) is 0 Å². The summed E-state index contributed by atoms with van der Waals surface area (Å²) in [5.41, 5.74) is 1.69. The molecule has 1 atom stereocenters. The average Bonchev–Trinajstić information content (AvgIpc) is 2.34. The number of hydrogen-bond acceptors (Lipinski definition) is 2. The first-order valence-electron chi connectivity index (χ1n) is 6.55. The number of carbonyl (C=O) groups is 1. The summed E-state index contributed by atoms with van der Waals surface area (Å²) in [5.74, 6) is 0.660. The quantitative estimate of drug-likeness (QED) is 0.712. The van der Waals surface area contributed by atoms with E-state index in [1.165, 1.54) is 6.92 Å². The maximum absolute atomic E-state index is 11.3. The number of Topliss-reactive ketones (excluding diaryl/α,β-unsaturated/α-hetero) is 1. The molecule has 0 saturated heterocycles. The summed E-state index contributed by atoms with van der Waals surface area (Å²) in [7, 11) is 0. The SMILES string of the molecule is CCC(C)CN(CC)c1ccc(C(C)=O)c(Cl)c1. The number of benzene rings is 1. The highest BCUT2D eigenvalue weighted by atomic mass is 35.5. The summed E-state index contributed by atoms with van der Waals surface area (Å²) < 4.78 is 0. The van der Waals surface area contributed by atoms with E-state index < -0.39 is 0 Å². The lowest BCUT2D eigenvalue weighted by Gasteiger charge is -2.26. The standard InChI is InChI=1S/C15H22ClNO/c1-5-11(3)10-17(6-2)13-7-8-14(12(4)18)15(16)9-13/h7-9,11H,5-6,10H2,1-4H3. The van der Waals surface area contributed by atoms with Gasteiger partial charge in [0.25, 0.3) is 0 Å². The van der Waals surface area contributed by atoms with E-state index in [9.17, 15) is 4.79 Å². The molecule has 0 radical (unpaired) electrons. The maximum atomic E-state index is 11.3. The van der Waals surface area contributed by atoms with Crippen LogP contribution < -0.4 is 4.90 Å². The summed E-state index contributed by atoms with van der Waals surface area (Å²) in [4.78, 5) is 13.6. The number of ketones is 1. The van der Waals surface area contributed by atoms with E-state index in [1.54, 1.807) is 0 Å². The number of halogens is 1. The van der Waals surface area contributed by atoms with Crippen LogP contribution in [0.15, 0.2) is 18.2 Å². The monoisotopic (exact) mass is 267 g/mol. The first-order chi connectivity index (χ1) is 8.49. The Morgan fingerprint density at radius 2 is 2.06 bits per heavy atom. The number of carbonyl (C=O) groups excluding carboxylic acids is 1. The van der Waals surface area contributed by atoms with Crippen molar-refractivity contribution < 1.29 is 4.79 Å². The Morgan fingerprint density at radius 1 is 1.39 bits per heavy atom. The number of hydrogen-bond donors (Lipinski definition) is 0. The zero-order valence-corrected chi connectivity index (χ0v) is 12.4. The molecule has 0 fully saturated rings. The predicted octanol–water partition coefficient (Wildman–Crippen LogP) is 4.42. The summed E-state index contributed by atoms with van der Waals surface area (Å²) in [5, 5.41) is 0.544. The van der Waals surface area contributed by atoms with Crippen LogP contribution >= 0.6 is 11.6 Å². The van der Waals surface area contributed by atoms with Crippen LogP contribution in [0.2, 0.25) is 5.02 Å². The molecule has 1 aromatic carbocycles. The maximum Gasteiger partial charge on any atom is 0.161 e. The van der Waals surface area contributed by atoms with Gasteiger partial charge in [0.05, 0.1) is 5.02 Å². The van der Waals surface area contributed by atoms with Crippen molar-refractivity contribution >= 4 is 23.1 Å². The first kappa shape index (κ1) is 15.0. The van der Waals surface area contributed by atoms with Gasteiger partial charge in [0.15, 0.2) is 5.78 Å². The minimum atomic E-state index is 0.0107. The smallest absolute Gasteiger partial charge is 0.161 e. The van der Waals surface area contributed by atoms with Gasteiger partial charge in [-0.05, 0) is 38.0 Å². The molecule has 0 spiro atoms. The molecule has 0 heterocycles. The third-order valence-electron chi connectivity index (χ3n) is 3.31. The van der Waals surface area contributed by atoms with Crippen LogP contribution in [0.4, 0.5) is 5.69 Å². The Morgan fingerprint density at radius 3 is 2.50 bits per heavy atom. The summed E-state index contributed by atoms with van der Waals surface area (Å²) in [6, 6.07) is 5.69. The van der Waals surface area contributed by atoms with E-state index in [2.05, 4.69) is 25.7 Å². The topological polar surface area (TPSA) is 20.3 Å². The molecule has 18 heavy (non-hydrogen) atoms. The van der Waals surface area contributed by atoms with Crippen molar-refractivity contribution in [1.82, 2.24) is 0 Å². The van der Waals surface area contributed by atoms with Crippen molar-refractivity contribution in [2.75, 3.05) is 18.0 Å². The highest BCUT2D eigenvalue weighted by Crippen LogP contribution is 2.25. The third kappa shape index (κ3) is 3.74. The molecule has 0 aromatic heterocycles. The van der Waals surface area contributed by atoms with E-state index in [4.69, 9.17) is 11.6 Å². The zero-order chi connectivity index (χ0) is 13.7. The second-order valence-corrected chi connectivity index (χ2v) is 5.18. The van der Waals surface area contributed by atoms with E-state index in [0.717, 1.165) is 25.2 Å². The molecule has 0 aliphatic carbocycles. The predicted molar refractivity (Wildman–Crippen MR) is 78.8 cm³/mol. The molecule has 0 bridgehead atoms. The van der Waals surface area contributed by atoms with Crippen LogP contribution in [-0.4, -0.2) is 18.9 Å². The van der Waals surface area contributed by atoms with Gasteiger partial charge in [-0.2, -0.15) is 0 Å². The second-order valence-electron chi connectivity index (χ2n) is 4.77. The lowest BCUT2D eigenvalue weighted by atomic mass is 10.1. The van der Waals surface area contributed by atoms with Gasteiger partial charge in [0.2, 0.25) is 0 Å². The average molecular weight is 268 g/mol. The fourth-order valence-corrected chi connectivity index (χ4v) is 2.22. The Labute approximate surface area is 115 Å². The summed E-state index contributed by atoms with van der Waals surface area (Å²) >= 11 is 6.15. The van der Waals surface area contributed by atoms with Crippen molar-refractivity contribution in [3.05, 3.63) is 28.8 Å². The van der Waals surface area contributed by atoms with Gasteiger partial charge >= 0.3 is 0 Å². The Balaban J connectivity index is 2.94. The van der Waals surface area contributed by atoms with Crippen molar-refractivity contribution in [3.63, 3.8) is 0 Å². The molecule has 3 heteroatoms. The fraction of sp³-hybridized carbons (Fsp3) is 0.533. The molecule has 100 valence electrons. The van der Waals surface area contributed by atoms with E-state index in [-0.39, 0.29) is 5.78 Å². The number of rotatable bonds is 6. The third-order valence-corrected chi connectivity index (χ3v) is 3.62. The van der Waals surface area contributed by atoms with Gasteiger partial charge in [-0.15, -0.1) is 0 Å². The van der Waals surface area contributed by atoms with E-state index >= 15 is 0 Å². The van der Waals surface area contributed by atoms with Crippen LogP contribution in [0, 0.1) is 5.92 Å². The zero-order valence-electron chi connectivity index (χ0n) is 11.7. The van der Waals surface area contributed by atoms with E-state index in [0.29, 0.717) is 16.5 Å². The van der Waals surface area contributed by atoms with Crippen LogP contribution in [0.3, 0.4) is 0 Å². The van der Waals surface area contributed by atoms with Gasteiger partial charge in [-0.1, -0.05) is 31.9 Å². The van der Waals surface area contributed by atoms with Crippen molar-refractivity contribution in [2.45, 2.75) is 34.1 Å². The summed E-state index contributed by atoms with van der Waals surface area (Å²) in [6.07, 6.45) is 1.16. The van der Waals surface area contributed by atoms with Crippen LogP contribution in [0.5, 0.6) is 0 Å². The Bertz CT molecular complexity index is 417. The van der Waals surface area contributed by atoms with Gasteiger partial charge in [0, 0.05) is 24.3 Å². The van der Waals surface area contributed by atoms with Crippen LogP contribution in [0.1, 0.15) is 44.5 Å². The Kier molecular flexibility index (Phi) is 5.67.